The second-order valence-electron chi connectivity index (χ2n) is 7.46. The van der Waals surface area contributed by atoms with E-state index in [1.807, 2.05) is 38.1 Å². The zero-order valence-electron chi connectivity index (χ0n) is 18.3. The molecule has 0 aliphatic heterocycles. The van der Waals surface area contributed by atoms with Crippen molar-refractivity contribution in [3.05, 3.63) is 65.2 Å². The van der Waals surface area contributed by atoms with Gasteiger partial charge in [0.25, 0.3) is 0 Å². The summed E-state index contributed by atoms with van der Waals surface area (Å²) >= 11 is 0. The number of hydrogen-bond donors (Lipinski definition) is 0. The van der Waals surface area contributed by atoms with Crippen molar-refractivity contribution < 1.29 is 4.79 Å². The summed E-state index contributed by atoms with van der Waals surface area (Å²) in [4.78, 5) is 12.1. The van der Waals surface area contributed by atoms with Crippen LogP contribution in [0.2, 0.25) is 0 Å². The number of azo groups is 1. The zero-order chi connectivity index (χ0) is 20.9. The molecule has 2 aromatic carbocycles. The lowest BCUT2D eigenvalue weighted by molar-refractivity contribution is 0.0966. The Bertz CT molecular complexity index is 695. The Morgan fingerprint density at radius 2 is 1.48 bits per heavy atom. The molecule has 0 saturated carbocycles. The van der Waals surface area contributed by atoms with Crippen LogP contribution in [0.15, 0.2) is 58.8 Å². The van der Waals surface area contributed by atoms with Gasteiger partial charge in [-0.05, 0) is 37.8 Å². The predicted octanol–water partition coefficient (Wildman–Crippen LogP) is 7.74. The predicted molar refractivity (Wildman–Crippen MR) is 117 cm³/mol. The lowest BCUT2D eigenvalue weighted by Gasteiger charge is -2.17. The molecule has 0 atom stereocenters. The number of ketones is 1. The zero-order valence-corrected chi connectivity index (χ0v) is 18.3. The van der Waals surface area contributed by atoms with Crippen molar-refractivity contribution in [2.75, 3.05) is 7.05 Å². The van der Waals surface area contributed by atoms with Crippen molar-refractivity contribution in [3.63, 3.8) is 0 Å². The summed E-state index contributed by atoms with van der Waals surface area (Å²) in [6.07, 6.45) is 1.43. The van der Waals surface area contributed by atoms with Crippen molar-refractivity contribution in [2.24, 2.45) is 15.6 Å². The van der Waals surface area contributed by atoms with E-state index >= 15 is 0 Å². The van der Waals surface area contributed by atoms with Gasteiger partial charge in [-0.1, -0.05) is 82.1 Å². The normalized spacial score (nSPS) is 10.5. The number of rotatable bonds is 4. The number of aryl methyl sites for hydroxylation is 2. The first-order valence-electron chi connectivity index (χ1n) is 9.68. The van der Waals surface area contributed by atoms with E-state index in [0.717, 1.165) is 6.42 Å². The summed E-state index contributed by atoms with van der Waals surface area (Å²) < 4.78 is 0. The Hall–Kier alpha value is -2.29. The van der Waals surface area contributed by atoms with Gasteiger partial charge in [-0.25, -0.2) is 0 Å². The van der Waals surface area contributed by atoms with Crippen molar-refractivity contribution in [2.45, 2.75) is 61.3 Å². The summed E-state index contributed by atoms with van der Waals surface area (Å²) in [5.41, 5.74) is 4.18. The molecule has 3 nitrogen and oxygen atoms in total. The number of carbonyl (C=O) groups excluding carboxylic acids is 1. The van der Waals surface area contributed by atoms with Crippen LogP contribution in [0.5, 0.6) is 0 Å². The maximum Gasteiger partial charge on any atom is 0.165 e. The van der Waals surface area contributed by atoms with Gasteiger partial charge < -0.3 is 0 Å². The average molecular weight is 369 g/mol. The van der Waals surface area contributed by atoms with Gasteiger partial charge in [0.15, 0.2) is 5.78 Å². The summed E-state index contributed by atoms with van der Waals surface area (Å²) in [6, 6.07) is 15.8. The number of carbonyl (C=O) groups is 1. The van der Waals surface area contributed by atoms with E-state index in [4.69, 9.17) is 0 Å². The lowest BCUT2D eigenvalue weighted by Crippen LogP contribution is -2.09. The highest BCUT2D eigenvalue weighted by Crippen LogP contribution is 2.25. The smallest absolute Gasteiger partial charge is 0.165 e. The van der Waals surface area contributed by atoms with Crippen LogP contribution in [0, 0.1) is 19.3 Å². The number of Topliss-reactive ketones (excluding diaryl/α,β-unsaturated/α-hetero) is 1. The van der Waals surface area contributed by atoms with Crippen LogP contribution in [-0.2, 0) is 0 Å². The summed E-state index contributed by atoms with van der Waals surface area (Å²) in [5.74, 6) is 0.142. The van der Waals surface area contributed by atoms with E-state index in [-0.39, 0.29) is 11.2 Å². The second-order valence-corrected chi connectivity index (χ2v) is 7.46. The van der Waals surface area contributed by atoms with E-state index in [1.165, 1.54) is 11.1 Å². The molecular formula is C24H36N2O. The van der Waals surface area contributed by atoms with Gasteiger partial charge in [0.05, 0.1) is 5.69 Å². The minimum absolute atomic E-state index is 0.142. The lowest BCUT2D eigenvalue weighted by atomic mass is 9.88. The van der Waals surface area contributed by atoms with E-state index in [9.17, 15) is 4.79 Å². The van der Waals surface area contributed by atoms with Crippen LogP contribution in [0.25, 0.3) is 0 Å². The third-order valence-corrected chi connectivity index (χ3v) is 3.69. The Labute approximate surface area is 165 Å². The third kappa shape index (κ3) is 11.1. The fraction of sp³-hybridized carbons (Fsp3) is 0.458. The first-order chi connectivity index (χ1) is 12.7. The highest BCUT2D eigenvalue weighted by atomic mass is 16.1. The molecule has 0 saturated heterocycles. The van der Waals surface area contributed by atoms with E-state index in [2.05, 4.69) is 69.1 Å². The average Bonchev–Trinajstić information content (AvgIpc) is 2.62. The van der Waals surface area contributed by atoms with Gasteiger partial charge in [0.1, 0.15) is 0 Å². The summed E-state index contributed by atoms with van der Waals surface area (Å²) in [5, 5.41) is 7.71. The van der Waals surface area contributed by atoms with Gasteiger partial charge in [0.2, 0.25) is 0 Å². The molecule has 0 heterocycles. The Kier molecular flexibility index (Phi) is 11.9. The van der Waals surface area contributed by atoms with Crippen molar-refractivity contribution in [1.29, 1.82) is 0 Å². The molecule has 2 aromatic rings. The summed E-state index contributed by atoms with van der Waals surface area (Å²) in [7, 11) is 1.61. The van der Waals surface area contributed by atoms with Crippen LogP contribution in [0.4, 0.5) is 5.69 Å². The van der Waals surface area contributed by atoms with Crippen molar-refractivity contribution in [1.82, 2.24) is 0 Å². The molecule has 3 heteroatoms. The Balaban J connectivity index is 0.000000562. The van der Waals surface area contributed by atoms with E-state index in [1.54, 1.807) is 7.05 Å². The fourth-order valence-electron chi connectivity index (χ4n) is 2.33. The van der Waals surface area contributed by atoms with Crippen molar-refractivity contribution in [3.8, 4) is 0 Å². The molecule has 0 fully saturated rings. The van der Waals surface area contributed by atoms with Crippen LogP contribution in [-0.4, -0.2) is 12.8 Å². The van der Waals surface area contributed by atoms with Crippen LogP contribution in [0.1, 0.15) is 68.9 Å². The second kappa shape index (κ2) is 13.0. The monoisotopic (exact) mass is 368 g/mol. The molecule has 0 amide bonds. The number of hydrogen-bond acceptors (Lipinski definition) is 3. The molecule has 0 spiro atoms. The van der Waals surface area contributed by atoms with Gasteiger partial charge in [-0.15, -0.1) is 0 Å². The first-order valence-corrected chi connectivity index (χ1v) is 9.68. The van der Waals surface area contributed by atoms with Gasteiger partial charge in [0, 0.05) is 19.0 Å². The quantitative estimate of drug-likeness (QED) is 0.402. The minimum atomic E-state index is 0.142. The highest BCUT2D eigenvalue weighted by Gasteiger charge is 2.16. The van der Waals surface area contributed by atoms with Gasteiger partial charge in [-0.3, -0.25) is 4.79 Å². The standard InChI is InChI=1S/C14H20N2O.C8H10.C2H6/c1-14(2,3)10-9-13(17)11-7-5-6-8-12(11)16-15-4;1-7-4-3-5-8(2)6-7;1-2/h5-8H,9-10H2,1-4H3;3-6H,1-2H3;1-2H3. The van der Waals surface area contributed by atoms with Crippen LogP contribution in [0.3, 0.4) is 0 Å². The molecule has 0 N–H and O–H groups in total. The summed E-state index contributed by atoms with van der Waals surface area (Å²) in [6.45, 7) is 14.6. The molecule has 27 heavy (non-hydrogen) atoms. The van der Waals surface area contributed by atoms with Crippen LogP contribution < -0.4 is 0 Å². The third-order valence-electron chi connectivity index (χ3n) is 3.69. The minimum Gasteiger partial charge on any atom is -0.294 e. The topological polar surface area (TPSA) is 41.8 Å². The van der Waals surface area contributed by atoms with Gasteiger partial charge in [-0.2, -0.15) is 10.2 Å². The maximum absolute atomic E-state index is 12.1. The maximum atomic E-state index is 12.1. The Morgan fingerprint density at radius 3 is 1.93 bits per heavy atom. The molecule has 0 aromatic heterocycles. The molecule has 0 aliphatic rings. The van der Waals surface area contributed by atoms with Crippen LogP contribution >= 0.6 is 0 Å². The molecule has 0 aliphatic carbocycles. The number of benzene rings is 2. The molecule has 0 unspecified atom stereocenters. The van der Waals surface area contributed by atoms with E-state index in [0.29, 0.717) is 17.7 Å². The van der Waals surface area contributed by atoms with Crippen molar-refractivity contribution >= 4 is 11.5 Å². The van der Waals surface area contributed by atoms with E-state index < -0.39 is 0 Å². The molecule has 148 valence electrons. The Morgan fingerprint density at radius 1 is 0.926 bits per heavy atom. The molecule has 0 radical (unpaired) electrons. The molecule has 2 rings (SSSR count). The van der Waals surface area contributed by atoms with Gasteiger partial charge >= 0.3 is 0 Å². The number of nitrogens with zero attached hydrogens (tertiary/aromatic N) is 2. The SMILES string of the molecule is CC.CN=Nc1ccccc1C(=O)CCC(C)(C)C.Cc1cccc(C)c1. The molecule has 0 bridgehead atoms. The first kappa shape index (κ1) is 24.7. The largest absolute Gasteiger partial charge is 0.294 e. The highest BCUT2D eigenvalue weighted by molar-refractivity contribution is 6.00. The fourth-order valence-corrected chi connectivity index (χ4v) is 2.33. The molecular weight excluding hydrogens is 332 g/mol.